The second kappa shape index (κ2) is 4.01. The molecular weight excluding hydrogens is 216 g/mol. The third-order valence-corrected chi connectivity index (χ3v) is 2.30. The van der Waals surface area contributed by atoms with Gasteiger partial charge >= 0.3 is 0 Å². The van der Waals surface area contributed by atoms with Gasteiger partial charge in [-0.1, -0.05) is 29.8 Å². The molecule has 0 radical (unpaired) electrons. The summed E-state index contributed by atoms with van der Waals surface area (Å²) >= 11 is 3.38. The third-order valence-electron chi connectivity index (χ3n) is 1.80. The van der Waals surface area contributed by atoms with E-state index < -0.39 is 0 Å². The van der Waals surface area contributed by atoms with E-state index in [1.54, 1.807) is 6.20 Å². The number of pyridine rings is 1. The fourth-order valence-corrected chi connectivity index (χ4v) is 1.30. The van der Waals surface area contributed by atoms with Crippen LogP contribution in [0.4, 0.5) is 0 Å². The van der Waals surface area contributed by atoms with Crippen molar-refractivity contribution in [3.63, 3.8) is 0 Å². The number of aromatic nitrogens is 1. The van der Waals surface area contributed by atoms with Crippen molar-refractivity contribution in [1.82, 2.24) is 4.98 Å². The lowest BCUT2D eigenvalue weighted by molar-refractivity contribution is 0.503. The van der Waals surface area contributed by atoms with Gasteiger partial charge in [0, 0.05) is 16.7 Å². The number of nitrogens with zero attached hydrogens (tertiary/aromatic N) is 1. The highest BCUT2D eigenvalue weighted by atomic mass is 79.9. The lowest BCUT2D eigenvalue weighted by Gasteiger charge is -2.14. The summed E-state index contributed by atoms with van der Waals surface area (Å²) in [7, 11) is 0. The lowest BCUT2D eigenvalue weighted by atomic mass is 10.0. The SMILES string of the molecule is CC(C)[C@H](N)c1cc(Br)ccn1. The van der Waals surface area contributed by atoms with Gasteiger partial charge in [0.15, 0.2) is 0 Å². The van der Waals surface area contributed by atoms with Crippen molar-refractivity contribution in [2.45, 2.75) is 19.9 Å². The van der Waals surface area contributed by atoms with E-state index in [4.69, 9.17) is 5.73 Å². The van der Waals surface area contributed by atoms with Crippen LogP contribution in [0.5, 0.6) is 0 Å². The van der Waals surface area contributed by atoms with Gasteiger partial charge in [0.2, 0.25) is 0 Å². The largest absolute Gasteiger partial charge is 0.322 e. The minimum atomic E-state index is 0.0301. The summed E-state index contributed by atoms with van der Waals surface area (Å²) < 4.78 is 1.03. The van der Waals surface area contributed by atoms with Crippen LogP contribution in [0.15, 0.2) is 22.8 Å². The molecular formula is C9H13BrN2. The fraction of sp³-hybridized carbons (Fsp3) is 0.444. The van der Waals surface area contributed by atoms with Crippen LogP contribution in [-0.4, -0.2) is 4.98 Å². The van der Waals surface area contributed by atoms with Gasteiger partial charge < -0.3 is 5.73 Å². The molecule has 0 saturated carbocycles. The molecule has 1 rings (SSSR count). The molecule has 0 aliphatic rings. The van der Waals surface area contributed by atoms with Gasteiger partial charge in [-0.15, -0.1) is 0 Å². The van der Waals surface area contributed by atoms with E-state index in [0.29, 0.717) is 5.92 Å². The monoisotopic (exact) mass is 228 g/mol. The number of halogens is 1. The molecule has 0 unspecified atom stereocenters. The van der Waals surface area contributed by atoms with Crippen molar-refractivity contribution in [3.05, 3.63) is 28.5 Å². The maximum atomic E-state index is 5.92. The smallest absolute Gasteiger partial charge is 0.0584 e. The summed E-state index contributed by atoms with van der Waals surface area (Å²) in [6.07, 6.45) is 1.77. The van der Waals surface area contributed by atoms with Gasteiger partial charge in [0.1, 0.15) is 0 Å². The molecule has 0 bridgehead atoms. The van der Waals surface area contributed by atoms with Gasteiger partial charge in [0.25, 0.3) is 0 Å². The second-order valence-electron chi connectivity index (χ2n) is 3.17. The Labute approximate surface area is 81.3 Å². The quantitative estimate of drug-likeness (QED) is 0.846. The average Bonchev–Trinajstić information content (AvgIpc) is 2.03. The predicted octanol–water partition coefficient (Wildman–Crippen LogP) is 2.50. The zero-order valence-electron chi connectivity index (χ0n) is 7.29. The van der Waals surface area contributed by atoms with Crippen LogP contribution in [0, 0.1) is 5.92 Å². The molecule has 1 aromatic heterocycles. The summed E-state index contributed by atoms with van der Waals surface area (Å²) in [5.74, 6) is 0.423. The van der Waals surface area contributed by atoms with E-state index in [1.165, 1.54) is 0 Å². The Morgan fingerprint density at radius 3 is 2.67 bits per heavy atom. The molecule has 66 valence electrons. The van der Waals surface area contributed by atoms with Crippen molar-refractivity contribution >= 4 is 15.9 Å². The van der Waals surface area contributed by atoms with E-state index >= 15 is 0 Å². The molecule has 2 nitrogen and oxygen atoms in total. The summed E-state index contributed by atoms with van der Waals surface area (Å²) in [5.41, 5.74) is 6.87. The van der Waals surface area contributed by atoms with E-state index in [2.05, 4.69) is 34.8 Å². The standard InChI is InChI=1S/C9H13BrN2/c1-6(2)9(11)8-5-7(10)3-4-12-8/h3-6,9H,11H2,1-2H3/t9-/m0/s1. The van der Waals surface area contributed by atoms with Gasteiger partial charge in [-0.25, -0.2) is 0 Å². The van der Waals surface area contributed by atoms with Crippen LogP contribution < -0.4 is 5.73 Å². The molecule has 0 spiro atoms. The van der Waals surface area contributed by atoms with Crippen molar-refractivity contribution < 1.29 is 0 Å². The molecule has 1 aromatic rings. The first-order valence-corrected chi connectivity index (χ1v) is 4.77. The molecule has 0 saturated heterocycles. The third kappa shape index (κ3) is 2.29. The van der Waals surface area contributed by atoms with E-state index in [9.17, 15) is 0 Å². The van der Waals surface area contributed by atoms with Crippen molar-refractivity contribution in [3.8, 4) is 0 Å². The van der Waals surface area contributed by atoms with Crippen LogP contribution in [0.3, 0.4) is 0 Å². The fourth-order valence-electron chi connectivity index (χ4n) is 0.945. The average molecular weight is 229 g/mol. The van der Waals surface area contributed by atoms with Crippen LogP contribution in [0.25, 0.3) is 0 Å². The molecule has 0 aliphatic carbocycles. The lowest BCUT2D eigenvalue weighted by Crippen LogP contribution is -2.17. The number of rotatable bonds is 2. The summed E-state index contributed by atoms with van der Waals surface area (Å²) in [6, 6.07) is 3.89. The number of hydrogen-bond acceptors (Lipinski definition) is 2. The second-order valence-corrected chi connectivity index (χ2v) is 4.08. The Hall–Kier alpha value is -0.410. The first-order chi connectivity index (χ1) is 5.61. The molecule has 0 aromatic carbocycles. The Morgan fingerprint density at radius 1 is 1.50 bits per heavy atom. The van der Waals surface area contributed by atoms with Crippen LogP contribution >= 0.6 is 15.9 Å². The molecule has 0 fully saturated rings. The Bertz CT molecular complexity index is 260. The maximum Gasteiger partial charge on any atom is 0.0584 e. The minimum absolute atomic E-state index is 0.0301. The summed E-state index contributed by atoms with van der Waals surface area (Å²) in [6.45, 7) is 4.18. The molecule has 1 atom stereocenters. The topological polar surface area (TPSA) is 38.9 Å². The van der Waals surface area contributed by atoms with E-state index in [-0.39, 0.29) is 6.04 Å². The molecule has 12 heavy (non-hydrogen) atoms. The molecule has 0 aliphatic heterocycles. The molecule has 0 amide bonds. The first kappa shape index (κ1) is 9.68. The molecule has 1 heterocycles. The van der Waals surface area contributed by atoms with Gasteiger partial charge in [0.05, 0.1) is 5.69 Å². The van der Waals surface area contributed by atoms with Gasteiger partial charge in [-0.05, 0) is 18.1 Å². The summed E-state index contributed by atoms with van der Waals surface area (Å²) in [5, 5.41) is 0. The van der Waals surface area contributed by atoms with Crippen LogP contribution in [0.2, 0.25) is 0 Å². The number of nitrogens with two attached hydrogens (primary N) is 1. The van der Waals surface area contributed by atoms with E-state index in [0.717, 1.165) is 10.2 Å². The highest BCUT2D eigenvalue weighted by Crippen LogP contribution is 2.19. The van der Waals surface area contributed by atoms with Crippen molar-refractivity contribution in [2.24, 2.45) is 11.7 Å². The highest BCUT2D eigenvalue weighted by Gasteiger charge is 2.11. The van der Waals surface area contributed by atoms with Crippen molar-refractivity contribution in [2.75, 3.05) is 0 Å². The van der Waals surface area contributed by atoms with Crippen LogP contribution in [0.1, 0.15) is 25.6 Å². The predicted molar refractivity (Wildman–Crippen MR) is 53.7 cm³/mol. The molecule has 2 N–H and O–H groups in total. The van der Waals surface area contributed by atoms with Crippen LogP contribution in [-0.2, 0) is 0 Å². The minimum Gasteiger partial charge on any atom is -0.322 e. The molecule has 3 heteroatoms. The van der Waals surface area contributed by atoms with E-state index in [1.807, 2.05) is 12.1 Å². The van der Waals surface area contributed by atoms with Gasteiger partial charge in [-0.3, -0.25) is 4.98 Å². The maximum absolute atomic E-state index is 5.92. The Kier molecular flexibility index (Phi) is 3.23. The Balaban J connectivity index is 2.88. The normalized spacial score (nSPS) is 13.4. The zero-order chi connectivity index (χ0) is 9.14. The highest BCUT2D eigenvalue weighted by molar-refractivity contribution is 9.10. The summed E-state index contributed by atoms with van der Waals surface area (Å²) in [4.78, 5) is 4.21. The zero-order valence-corrected chi connectivity index (χ0v) is 8.88. The number of hydrogen-bond donors (Lipinski definition) is 1. The first-order valence-electron chi connectivity index (χ1n) is 3.98. The Morgan fingerprint density at radius 2 is 2.17 bits per heavy atom. The van der Waals surface area contributed by atoms with Crippen molar-refractivity contribution in [1.29, 1.82) is 0 Å². The van der Waals surface area contributed by atoms with Gasteiger partial charge in [-0.2, -0.15) is 0 Å².